The second-order valence-electron chi connectivity index (χ2n) is 4.58. The summed E-state index contributed by atoms with van der Waals surface area (Å²) in [5.41, 5.74) is 6.20. The molecule has 6 heteroatoms. The normalized spacial score (nSPS) is 12.1. The molecule has 3 N–H and O–H groups in total. The Labute approximate surface area is 121 Å². The van der Waals surface area contributed by atoms with Crippen molar-refractivity contribution in [2.45, 2.75) is 32.6 Å². The SMILES string of the molecule is CCCCS(=O)CCCC(=O)Nc1ccc(F)cc1N. The molecule has 1 amide bonds. The van der Waals surface area contributed by atoms with Crippen molar-refractivity contribution >= 4 is 28.1 Å². The molecular formula is C14H21FN2O2S. The Kier molecular flexibility index (Phi) is 7.22. The maximum atomic E-state index is 12.9. The molecule has 1 rings (SSSR count). The Morgan fingerprint density at radius 2 is 2.05 bits per heavy atom. The zero-order valence-corrected chi connectivity index (χ0v) is 12.5. The lowest BCUT2D eigenvalue weighted by molar-refractivity contribution is -0.116. The van der Waals surface area contributed by atoms with Crippen molar-refractivity contribution in [3.05, 3.63) is 24.0 Å². The quantitative estimate of drug-likeness (QED) is 0.725. The number of benzene rings is 1. The summed E-state index contributed by atoms with van der Waals surface area (Å²) in [6.07, 6.45) is 2.83. The molecule has 1 unspecified atom stereocenters. The molecule has 1 aromatic carbocycles. The highest BCUT2D eigenvalue weighted by Crippen LogP contribution is 2.19. The second kappa shape index (κ2) is 8.68. The van der Waals surface area contributed by atoms with Gasteiger partial charge in [0.15, 0.2) is 0 Å². The van der Waals surface area contributed by atoms with Gasteiger partial charge in [-0.3, -0.25) is 9.00 Å². The van der Waals surface area contributed by atoms with Gasteiger partial charge in [-0.1, -0.05) is 13.3 Å². The van der Waals surface area contributed by atoms with E-state index in [1.807, 2.05) is 0 Å². The van der Waals surface area contributed by atoms with Gasteiger partial charge in [0.2, 0.25) is 5.91 Å². The van der Waals surface area contributed by atoms with Crippen molar-refractivity contribution in [2.24, 2.45) is 0 Å². The molecule has 0 heterocycles. The summed E-state index contributed by atoms with van der Waals surface area (Å²) in [5.74, 6) is 0.595. The summed E-state index contributed by atoms with van der Waals surface area (Å²) >= 11 is 0. The average Bonchev–Trinajstić information content (AvgIpc) is 2.39. The van der Waals surface area contributed by atoms with Crippen LogP contribution in [0.4, 0.5) is 15.8 Å². The molecule has 0 aliphatic rings. The molecule has 1 atom stereocenters. The van der Waals surface area contributed by atoms with Crippen molar-refractivity contribution in [2.75, 3.05) is 22.6 Å². The van der Waals surface area contributed by atoms with Crippen LogP contribution in [0.25, 0.3) is 0 Å². The van der Waals surface area contributed by atoms with Crippen LogP contribution in [0.15, 0.2) is 18.2 Å². The first-order valence-corrected chi connectivity index (χ1v) is 8.21. The number of amides is 1. The molecule has 20 heavy (non-hydrogen) atoms. The zero-order valence-electron chi connectivity index (χ0n) is 11.7. The van der Waals surface area contributed by atoms with Crippen LogP contribution < -0.4 is 11.1 Å². The molecule has 112 valence electrons. The molecule has 0 bridgehead atoms. The van der Waals surface area contributed by atoms with E-state index in [1.54, 1.807) is 0 Å². The number of unbranched alkanes of at least 4 members (excludes halogenated alkanes) is 1. The number of nitrogens with one attached hydrogen (secondary N) is 1. The Morgan fingerprint density at radius 3 is 2.70 bits per heavy atom. The van der Waals surface area contributed by atoms with E-state index < -0.39 is 16.6 Å². The standard InChI is InChI=1S/C14H21FN2O2S/c1-2-3-8-20(19)9-4-5-14(18)17-13-7-6-11(15)10-12(13)16/h6-7,10H,2-5,8-9,16H2,1H3,(H,17,18). The number of nitrogens with two attached hydrogens (primary N) is 1. The van der Waals surface area contributed by atoms with Crippen LogP contribution in [0.2, 0.25) is 0 Å². The van der Waals surface area contributed by atoms with Crippen molar-refractivity contribution < 1.29 is 13.4 Å². The minimum absolute atomic E-state index is 0.198. The van der Waals surface area contributed by atoms with Crippen molar-refractivity contribution in [1.29, 1.82) is 0 Å². The summed E-state index contributed by atoms with van der Waals surface area (Å²) in [4.78, 5) is 11.7. The number of rotatable bonds is 8. The molecular weight excluding hydrogens is 279 g/mol. The Morgan fingerprint density at radius 1 is 1.35 bits per heavy atom. The second-order valence-corrected chi connectivity index (χ2v) is 6.28. The van der Waals surface area contributed by atoms with E-state index in [0.29, 0.717) is 23.6 Å². The number of halogens is 1. The fourth-order valence-corrected chi connectivity index (χ4v) is 2.94. The number of anilines is 2. The third-order valence-electron chi connectivity index (χ3n) is 2.79. The van der Waals surface area contributed by atoms with Gasteiger partial charge in [-0.2, -0.15) is 0 Å². The average molecular weight is 300 g/mol. The van der Waals surface area contributed by atoms with Crippen molar-refractivity contribution in [3.8, 4) is 0 Å². The van der Waals surface area contributed by atoms with E-state index in [4.69, 9.17) is 5.73 Å². The van der Waals surface area contributed by atoms with Gasteiger partial charge in [0, 0.05) is 28.7 Å². The van der Waals surface area contributed by atoms with Gasteiger partial charge in [0.05, 0.1) is 11.4 Å². The molecule has 0 aliphatic carbocycles. The number of hydrogen-bond donors (Lipinski definition) is 2. The van der Waals surface area contributed by atoms with Crippen LogP contribution in [0.1, 0.15) is 32.6 Å². The molecule has 0 saturated carbocycles. The summed E-state index contributed by atoms with van der Waals surface area (Å²) in [5, 5.41) is 2.62. The predicted molar refractivity (Wildman–Crippen MR) is 81.5 cm³/mol. The lowest BCUT2D eigenvalue weighted by Gasteiger charge is -2.08. The first-order chi connectivity index (χ1) is 9.52. The highest BCUT2D eigenvalue weighted by Gasteiger charge is 2.07. The summed E-state index contributed by atoms with van der Waals surface area (Å²) in [6, 6.07) is 3.84. The minimum Gasteiger partial charge on any atom is -0.397 e. The Bertz CT molecular complexity index is 480. The number of carbonyl (C=O) groups excluding carboxylic acids is 1. The van der Waals surface area contributed by atoms with Gasteiger partial charge in [-0.05, 0) is 31.0 Å². The van der Waals surface area contributed by atoms with Crippen LogP contribution in [0.5, 0.6) is 0 Å². The Balaban J connectivity index is 2.31. The summed E-state index contributed by atoms with van der Waals surface area (Å²) < 4.78 is 24.4. The van der Waals surface area contributed by atoms with E-state index in [2.05, 4.69) is 12.2 Å². The molecule has 0 aromatic heterocycles. The van der Waals surface area contributed by atoms with E-state index in [-0.39, 0.29) is 18.0 Å². The van der Waals surface area contributed by atoms with Gasteiger partial charge >= 0.3 is 0 Å². The number of nitrogen functional groups attached to an aromatic ring is 1. The molecule has 0 radical (unpaired) electrons. The van der Waals surface area contributed by atoms with E-state index in [9.17, 15) is 13.4 Å². The molecule has 0 saturated heterocycles. The van der Waals surface area contributed by atoms with Gasteiger partial charge in [0.25, 0.3) is 0 Å². The lowest BCUT2D eigenvalue weighted by Crippen LogP contribution is -2.14. The topological polar surface area (TPSA) is 72.2 Å². The lowest BCUT2D eigenvalue weighted by atomic mass is 10.2. The van der Waals surface area contributed by atoms with Crippen molar-refractivity contribution in [3.63, 3.8) is 0 Å². The van der Waals surface area contributed by atoms with Crippen LogP contribution in [-0.4, -0.2) is 21.6 Å². The zero-order chi connectivity index (χ0) is 15.0. The first-order valence-electron chi connectivity index (χ1n) is 6.72. The fourth-order valence-electron chi connectivity index (χ4n) is 1.66. The molecule has 0 aliphatic heterocycles. The van der Waals surface area contributed by atoms with E-state index in [1.165, 1.54) is 12.1 Å². The van der Waals surface area contributed by atoms with Crippen LogP contribution in [-0.2, 0) is 15.6 Å². The Hall–Kier alpha value is -1.43. The third-order valence-corrected chi connectivity index (χ3v) is 4.28. The predicted octanol–water partition coefficient (Wildman–Crippen LogP) is 2.68. The molecule has 1 aromatic rings. The van der Waals surface area contributed by atoms with E-state index >= 15 is 0 Å². The monoisotopic (exact) mass is 300 g/mol. The van der Waals surface area contributed by atoms with Gasteiger partial charge in [-0.15, -0.1) is 0 Å². The summed E-state index contributed by atoms with van der Waals surface area (Å²) in [7, 11) is -0.845. The van der Waals surface area contributed by atoms with Gasteiger partial charge in [0.1, 0.15) is 5.82 Å². The smallest absolute Gasteiger partial charge is 0.224 e. The highest BCUT2D eigenvalue weighted by molar-refractivity contribution is 7.84. The maximum Gasteiger partial charge on any atom is 0.224 e. The molecule has 0 fully saturated rings. The maximum absolute atomic E-state index is 12.9. The van der Waals surface area contributed by atoms with Crippen LogP contribution in [0.3, 0.4) is 0 Å². The minimum atomic E-state index is -0.845. The van der Waals surface area contributed by atoms with Gasteiger partial charge in [-0.25, -0.2) is 4.39 Å². The first kappa shape index (κ1) is 16.6. The van der Waals surface area contributed by atoms with Crippen LogP contribution >= 0.6 is 0 Å². The number of hydrogen-bond acceptors (Lipinski definition) is 3. The van der Waals surface area contributed by atoms with Gasteiger partial charge < -0.3 is 11.1 Å². The highest BCUT2D eigenvalue weighted by atomic mass is 32.2. The summed E-state index contributed by atoms with van der Waals surface area (Å²) in [6.45, 7) is 2.05. The van der Waals surface area contributed by atoms with Crippen molar-refractivity contribution in [1.82, 2.24) is 0 Å². The van der Waals surface area contributed by atoms with E-state index in [0.717, 1.165) is 18.9 Å². The molecule has 0 spiro atoms. The largest absolute Gasteiger partial charge is 0.397 e. The molecule has 4 nitrogen and oxygen atoms in total. The fraction of sp³-hybridized carbons (Fsp3) is 0.500. The van der Waals surface area contributed by atoms with Crippen LogP contribution in [0, 0.1) is 5.82 Å². The number of carbonyl (C=O) groups is 1. The third kappa shape index (κ3) is 6.14.